The number of aromatic nitrogens is 2. The highest BCUT2D eigenvalue weighted by atomic mass is 35.5. The van der Waals surface area contributed by atoms with Crippen molar-refractivity contribution < 1.29 is 9.32 Å². The summed E-state index contributed by atoms with van der Waals surface area (Å²) in [4.78, 5) is 18.2. The smallest absolute Gasteiger partial charge is 0.255 e. The minimum Gasteiger partial charge on any atom is -0.375 e. The molecule has 0 saturated heterocycles. The fraction of sp³-hybridized carbons (Fsp3) is 0.211. The Morgan fingerprint density at radius 1 is 1.23 bits per heavy atom. The van der Waals surface area contributed by atoms with Gasteiger partial charge in [-0.25, -0.2) is 0 Å². The quantitative estimate of drug-likeness (QED) is 0.734. The van der Waals surface area contributed by atoms with Crippen molar-refractivity contribution in [3.05, 3.63) is 64.5 Å². The molecule has 0 atom stereocenters. The first kappa shape index (κ1) is 17.9. The van der Waals surface area contributed by atoms with Crippen LogP contribution < -0.4 is 5.32 Å². The van der Waals surface area contributed by atoms with Gasteiger partial charge in [0, 0.05) is 30.4 Å². The third kappa shape index (κ3) is 4.03. The predicted octanol–water partition coefficient (Wildman–Crippen LogP) is 4.01. The van der Waals surface area contributed by atoms with Crippen molar-refractivity contribution in [2.24, 2.45) is 0 Å². The van der Waals surface area contributed by atoms with Gasteiger partial charge in [0.25, 0.3) is 5.91 Å². The van der Waals surface area contributed by atoms with Crippen molar-refractivity contribution in [2.45, 2.75) is 13.5 Å². The van der Waals surface area contributed by atoms with Crippen molar-refractivity contribution in [3.8, 4) is 11.4 Å². The summed E-state index contributed by atoms with van der Waals surface area (Å²) >= 11 is 6.07. The summed E-state index contributed by atoms with van der Waals surface area (Å²) in [5.41, 5.74) is 3.16. The van der Waals surface area contributed by atoms with E-state index in [1.165, 1.54) is 4.90 Å². The summed E-state index contributed by atoms with van der Waals surface area (Å²) < 4.78 is 5.31. The first-order valence-corrected chi connectivity index (χ1v) is 8.46. The number of carbonyl (C=O) groups excluding carboxylic acids is 1. The normalized spacial score (nSPS) is 10.6. The number of benzene rings is 2. The summed E-state index contributed by atoms with van der Waals surface area (Å²) in [5.74, 6) is 0.834. The lowest BCUT2D eigenvalue weighted by Gasteiger charge is -2.15. The monoisotopic (exact) mass is 370 g/mol. The Bertz CT molecular complexity index is 937. The summed E-state index contributed by atoms with van der Waals surface area (Å²) in [6.07, 6.45) is 0. The Labute approximate surface area is 156 Å². The Balaban J connectivity index is 1.78. The molecule has 26 heavy (non-hydrogen) atoms. The molecular formula is C19H19ClN4O2. The van der Waals surface area contributed by atoms with Gasteiger partial charge in [0.1, 0.15) is 0 Å². The lowest BCUT2D eigenvalue weighted by Crippen LogP contribution is -2.23. The minimum atomic E-state index is -0.116. The van der Waals surface area contributed by atoms with Crippen molar-refractivity contribution >= 4 is 23.2 Å². The van der Waals surface area contributed by atoms with Gasteiger partial charge in [-0.05, 0) is 31.2 Å². The molecule has 3 rings (SSSR count). The third-order valence-corrected chi connectivity index (χ3v) is 4.03. The lowest BCUT2D eigenvalue weighted by atomic mass is 10.1. The molecule has 0 radical (unpaired) electrons. The van der Waals surface area contributed by atoms with Crippen LogP contribution in [0.15, 0.2) is 47.0 Å². The summed E-state index contributed by atoms with van der Waals surface area (Å²) in [6.45, 7) is 2.29. The Kier molecular flexibility index (Phi) is 5.23. The number of halogens is 1. The van der Waals surface area contributed by atoms with E-state index in [4.69, 9.17) is 16.1 Å². The van der Waals surface area contributed by atoms with Gasteiger partial charge in [-0.15, -0.1) is 0 Å². The van der Waals surface area contributed by atoms with Crippen LogP contribution in [0, 0.1) is 6.92 Å². The molecule has 0 bridgehead atoms. The number of rotatable bonds is 5. The van der Waals surface area contributed by atoms with Gasteiger partial charge < -0.3 is 14.7 Å². The standard InChI is InChI=1S/C19H19ClN4O2/c1-12-5-4-6-13(9-12)18-22-17(26-23-18)11-21-16-10-14(20)7-8-15(16)19(25)24(2)3/h4-10,21H,11H2,1-3H3. The second-order valence-corrected chi connectivity index (χ2v) is 6.56. The average Bonchev–Trinajstić information content (AvgIpc) is 3.08. The highest BCUT2D eigenvalue weighted by Gasteiger charge is 2.15. The SMILES string of the molecule is Cc1cccc(-c2noc(CNc3cc(Cl)ccc3C(=O)N(C)C)n2)c1. The van der Waals surface area contributed by atoms with E-state index >= 15 is 0 Å². The number of nitrogens with zero attached hydrogens (tertiary/aromatic N) is 3. The molecule has 1 amide bonds. The first-order valence-electron chi connectivity index (χ1n) is 8.09. The molecule has 1 N–H and O–H groups in total. The van der Waals surface area contributed by atoms with Crippen molar-refractivity contribution in [3.63, 3.8) is 0 Å². The number of amides is 1. The second kappa shape index (κ2) is 7.58. The molecule has 0 unspecified atom stereocenters. The minimum absolute atomic E-state index is 0.116. The highest BCUT2D eigenvalue weighted by Crippen LogP contribution is 2.23. The Morgan fingerprint density at radius 2 is 2.04 bits per heavy atom. The van der Waals surface area contributed by atoms with Gasteiger partial charge in [0.05, 0.1) is 12.1 Å². The fourth-order valence-electron chi connectivity index (χ4n) is 2.49. The molecule has 0 aliphatic carbocycles. The van der Waals surface area contributed by atoms with E-state index < -0.39 is 0 Å². The molecular weight excluding hydrogens is 352 g/mol. The molecule has 0 aliphatic heterocycles. The van der Waals surface area contributed by atoms with E-state index in [9.17, 15) is 4.79 Å². The first-order chi connectivity index (χ1) is 12.4. The van der Waals surface area contributed by atoms with Crippen LogP contribution in [0.2, 0.25) is 5.02 Å². The van der Waals surface area contributed by atoms with Gasteiger partial charge in [-0.1, -0.05) is 40.5 Å². The van der Waals surface area contributed by atoms with Gasteiger partial charge in [0.15, 0.2) is 0 Å². The predicted molar refractivity (Wildman–Crippen MR) is 101 cm³/mol. The van der Waals surface area contributed by atoms with Crippen LogP contribution in [-0.4, -0.2) is 35.0 Å². The third-order valence-electron chi connectivity index (χ3n) is 3.79. The zero-order valence-electron chi connectivity index (χ0n) is 14.8. The Morgan fingerprint density at radius 3 is 2.77 bits per heavy atom. The number of anilines is 1. The molecule has 0 saturated carbocycles. The maximum absolute atomic E-state index is 12.3. The zero-order chi connectivity index (χ0) is 18.7. The molecule has 6 nitrogen and oxygen atoms in total. The number of hydrogen-bond donors (Lipinski definition) is 1. The topological polar surface area (TPSA) is 71.3 Å². The number of aryl methyl sites for hydroxylation is 1. The van der Waals surface area contributed by atoms with Gasteiger partial charge >= 0.3 is 0 Å². The average molecular weight is 371 g/mol. The van der Waals surface area contributed by atoms with E-state index in [-0.39, 0.29) is 12.5 Å². The van der Waals surface area contributed by atoms with Crippen LogP contribution in [0.4, 0.5) is 5.69 Å². The molecule has 2 aromatic carbocycles. The summed E-state index contributed by atoms with van der Waals surface area (Å²) in [6, 6.07) is 13.0. The van der Waals surface area contributed by atoms with Crippen LogP contribution >= 0.6 is 11.6 Å². The lowest BCUT2D eigenvalue weighted by molar-refractivity contribution is 0.0828. The summed E-state index contributed by atoms with van der Waals surface area (Å²) in [5, 5.41) is 7.71. The molecule has 7 heteroatoms. The number of carbonyl (C=O) groups is 1. The largest absolute Gasteiger partial charge is 0.375 e. The number of nitrogens with one attached hydrogen (secondary N) is 1. The van der Waals surface area contributed by atoms with Crippen LogP contribution in [0.5, 0.6) is 0 Å². The molecule has 134 valence electrons. The van der Waals surface area contributed by atoms with Crippen molar-refractivity contribution in [1.29, 1.82) is 0 Å². The molecule has 3 aromatic rings. The van der Waals surface area contributed by atoms with E-state index in [0.717, 1.165) is 11.1 Å². The van der Waals surface area contributed by atoms with Gasteiger partial charge in [0.2, 0.25) is 11.7 Å². The van der Waals surface area contributed by atoms with Crippen molar-refractivity contribution in [1.82, 2.24) is 15.0 Å². The van der Waals surface area contributed by atoms with Crippen LogP contribution in [-0.2, 0) is 6.54 Å². The number of hydrogen-bond acceptors (Lipinski definition) is 5. The van der Waals surface area contributed by atoms with Crippen LogP contribution in [0.3, 0.4) is 0 Å². The van der Waals surface area contributed by atoms with E-state index in [0.29, 0.717) is 28.0 Å². The van der Waals surface area contributed by atoms with E-state index in [2.05, 4.69) is 15.5 Å². The maximum Gasteiger partial charge on any atom is 0.255 e. The van der Waals surface area contributed by atoms with Crippen LogP contribution in [0.25, 0.3) is 11.4 Å². The second-order valence-electron chi connectivity index (χ2n) is 6.12. The highest BCUT2D eigenvalue weighted by molar-refractivity contribution is 6.31. The zero-order valence-corrected chi connectivity index (χ0v) is 15.5. The molecule has 0 fully saturated rings. The van der Waals surface area contributed by atoms with E-state index in [1.807, 2.05) is 31.2 Å². The maximum atomic E-state index is 12.3. The van der Waals surface area contributed by atoms with Crippen LogP contribution in [0.1, 0.15) is 21.8 Å². The van der Waals surface area contributed by atoms with Crippen molar-refractivity contribution in [2.75, 3.05) is 19.4 Å². The van der Waals surface area contributed by atoms with Gasteiger partial charge in [-0.2, -0.15) is 4.98 Å². The molecule has 1 aromatic heterocycles. The Hall–Kier alpha value is -2.86. The fourth-order valence-corrected chi connectivity index (χ4v) is 2.66. The summed E-state index contributed by atoms with van der Waals surface area (Å²) in [7, 11) is 3.40. The molecule has 0 spiro atoms. The van der Waals surface area contributed by atoms with Gasteiger partial charge in [-0.3, -0.25) is 4.79 Å². The molecule has 1 heterocycles. The van der Waals surface area contributed by atoms with E-state index in [1.54, 1.807) is 32.3 Å². The molecule has 0 aliphatic rings.